The average Bonchev–Trinajstić information content (AvgIpc) is 0.720. The van der Waals surface area contributed by atoms with Gasteiger partial charge in [-0.15, -0.1) is 0 Å². The summed E-state index contributed by atoms with van der Waals surface area (Å²) in [7, 11) is 0. The molecule has 121 heavy (non-hydrogen) atoms. The topological polar surface area (TPSA) is 9.72 Å². The molecular formula is C118H105N3. The predicted molar refractivity (Wildman–Crippen MR) is 517 cm³/mol. The maximum atomic E-state index is 2.45. The van der Waals surface area contributed by atoms with Crippen molar-refractivity contribution in [2.24, 2.45) is 0 Å². The Hall–Kier alpha value is -13.6. The van der Waals surface area contributed by atoms with Crippen LogP contribution < -0.4 is 14.7 Å². The molecule has 0 N–H and O–H groups in total. The first-order chi connectivity index (χ1) is 58.6. The third kappa shape index (κ3) is 13.9. The van der Waals surface area contributed by atoms with Crippen molar-refractivity contribution >= 4 is 62.0 Å². The molecule has 17 aromatic rings. The second-order valence-corrected chi connectivity index (χ2v) is 36.0. The molecule has 0 radical (unpaired) electrons. The van der Waals surface area contributed by atoms with Crippen LogP contribution in [0.2, 0.25) is 0 Å². The van der Waals surface area contributed by atoms with Crippen LogP contribution in [-0.4, -0.2) is 0 Å². The van der Waals surface area contributed by atoms with Crippen LogP contribution in [0.15, 0.2) is 419 Å². The maximum absolute atomic E-state index is 2.45. The van der Waals surface area contributed by atoms with Gasteiger partial charge in [-0.2, -0.15) is 0 Å². The fourth-order valence-electron chi connectivity index (χ4n) is 19.3. The van der Waals surface area contributed by atoms with Crippen LogP contribution in [0.25, 0.3) is 88.7 Å². The highest BCUT2D eigenvalue weighted by Gasteiger charge is 2.49. The van der Waals surface area contributed by atoms with Crippen LogP contribution in [0.5, 0.6) is 0 Å². The van der Waals surface area contributed by atoms with Gasteiger partial charge in [-0.05, 0) is 240 Å². The number of hydrogen-bond acceptors (Lipinski definition) is 3. The minimum Gasteiger partial charge on any atom is -0.310 e. The van der Waals surface area contributed by atoms with Gasteiger partial charge in [0.1, 0.15) is 0 Å². The number of para-hydroxylation sites is 4. The Kier molecular flexibility index (Phi) is 20.5. The number of benzene rings is 17. The average molecular weight is 1570 g/mol. The van der Waals surface area contributed by atoms with Crippen molar-refractivity contribution in [1.82, 2.24) is 0 Å². The molecule has 0 heterocycles. The molecule has 0 atom stereocenters. The molecule has 0 saturated carbocycles. The Morgan fingerprint density at radius 3 is 0.760 bits per heavy atom. The lowest BCUT2D eigenvalue weighted by Gasteiger charge is -2.48. The molecule has 0 amide bonds. The zero-order valence-electron chi connectivity index (χ0n) is 71.7. The summed E-state index contributed by atoms with van der Waals surface area (Å²) in [5.41, 5.74) is 36.5. The summed E-state index contributed by atoms with van der Waals surface area (Å²) < 4.78 is 0. The molecule has 0 spiro atoms. The summed E-state index contributed by atoms with van der Waals surface area (Å²) in [6, 6.07) is 152. The van der Waals surface area contributed by atoms with E-state index >= 15 is 0 Å². The molecular weight excluding hydrogens is 1460 g/mol. The van der Waals surface area contributed by atoms with Gasteiger partial charge in [0, 0.05) is 50.9 Å². The van der Waals surface area contributed by atoms with Crippen LogP contribution in [0.4, 0.5) is 51.2 Å². The second kappa shape index (κ2) is 31.6. The van der Waals surface area contributed by atoms with E-state index in [0.717, 1.165) is 22.7 Å². The van der Waals surface area contributed by atoms with Gasteiger partial charge in [0.05, 0.1) is 11.4 Å². The molecule has 3 aliphatic carbocycles. The Balaban J connectivity index is 0.000000125. The molecule has 592 valence electrons. The normalized spacial score (nSPS) is 14.7. The van der Waals surface area contributed by atoms with Gasteiger partial charge in [0.15, 0.2) is 0 Å². The van der Waals surface area contributed by atoms with Crippen molar-refractivity contribution in [1.29, 1.82) is 0 Å². The first-order valence-corrected chi connectivity index (χ1v) is 42.9. The van der Waals surface area contributed by atoms with Crippen LogP contribution in [0.3, 0.4) is 0 Å². The van der Waals surface area contributed by atoms with E-state index in [0.29, 0.717) is 0 Å². The zero-order valence-corrected chi connectivity index (χ0v) is 71.7. The van der Waals surface area contributed by atoms with Gasteiger partial charge < -0.3 is 14.7 Å². The highest BCUT2D eigenvalue weighted by atomic mass is 15.2. The van der Waals surface area contributed by atoms with Crippen LogP contribution in [0.1, 0.15) is 116 Å². The predicted octanol–water partition coefficient (Wildman–Crippen LogP) is 33.0. The van der Waals surface area contributed by atoms with Gasteiger partial charge in [-0.25, -0.2) is 0 Å². The van der Waals surface area contributed by atoms with E-state index in [9.17, 15) is 0 Å². The highest BCUT2D eigenvalue weighted by Crippen LogP contribution is 2.59. The van der Waals surface area contributed by atoms with Crippen molar-refractivity contribution in [3.05, 3.63) is 452 Å². The lowest BCUT2D eigenvalue weighted by atomic mass is 9.55. The Morgan fingerprint density at radius 1 is 0.140 bits per heavy atom. The summed E-state index contributed by atoms with van der Waals surface area (Å²) in [6.45, 7) is 28.8. The van der Waals surface area contributed by atoms with E-state index in [-0.39, 0.29) is 32.5 Å². The molecule has 3 aliphatic rings. The molecule has 0 bridgehead atoms. The van der Waals surface area contributed by atoms with Crippen molar-refractivity contribution in [3.63, 3.8) is 0 Å². The largest absolute Gasteiger partial charge is 0.310 e. The van der Waals surface area contributed by atoms with Crippen molar-refractivity contribution in [2.45, 2.75) is 116 Å². The molecule has 3 nitrogen and oxygen atoms in total. The van der Waals surface area contributed by atoms with Crippen molar-refractivity contribution in [3.8, 4) is 77.9 Å². The third-order valence-electron chi connectivity index (χ3n) is 28.1. The number of fused-ring (bicyclic) bond motifs is 10. The van der Waals surface area contributed by atoms with Gasteiger partial charge in [0.25, 0.3) is 0 Å². The molecule has 0 saturated heterocycles. The van der Waals surface area contributed by atoms with Gasteiger partial charge in [0.2, 0.25) is 0 Å². The zero-order chi connectivity index (χ0) is 83.4. The smallest absolute Gasteiger partial charge is 0.0540 e. The fourth-order valence-corrected chi connectivity index (χ4v) is 19.3. The maximum Gasteiger partial charge on any atom is 0.0540 e. The summed E-state index contributed by atoms with van der Waals surface area (Å²) in [5.74, 6) is 0. The molecule has 17 aromatic carbocycles. The second-order valence-electron chi connectivity index (χ2n) is 36.0. The van der Waals surface area contributed by atoms with Crippen LogP contribution in [-0.2, 0) is 32.5 Å². The molecule has 3 heteroatoms. The molecule has 0 unspecified atom stereocenters. The van der Waals surface area contributed by atoms with E-state index in [4.69, 9.17) is 0 Å². The van der Waals surface area contributed by atoms with E-state index < -0.39 is 0 Å². The summed E-state index contributed by atoms with van der Waals surface area (Å²) in [4.78, 5) is 7.24. The van der Waals surface area contributed by atoms with E-state index in [1.165, 1.54) is 150 Å². The fraction of sp³-hybridized carbons (Fsp3) is 0.153. The van der Waals surface area contributed by atoms with Crippen LogP contribution in [0, 0.1) is 0 Å². The molecule has 0 aliphatic heterocycles. The van der Waals surface area contributed by atoms with Gasteiger partial charge in [-0.1, -0.05) is 405 Å². The molecule has 0 aromatic heterocycles. The highest BCUT2D eigenvalue weighted by molar-refractivity contribution is 5.96. The summed E-state index contributed by atoms with van der Waals surface area (Å²) >= 11 is 0. The summed E-state index contributed by atoms with van der Waals surface area (Å²) in [5, 5.41) is 2.48. The summed E-state index contributed by atoms with van der Waals surface area (Å²) in [6.07, 6.45) is 0. The number of hydrogen-bond donors (Lipinski definition) is 0. The first kappa shape index (κ1) is 78.6. The standard InChI is InChI=1S/C42H37N.C40H35N.C36H33N/c1-41(2)39-22-14-13-21-37(39)38-28-27-34(29-40(38)42(41,3)4)43(32-17-9-6-10-18-32)33-25-23-31(24-26-33)36-20-12-11-19-35(36)30-15-7-5-8-16-30;1-39(2)36-20-12-10-19-34(36)35-25-24-32(27-37(35)40(39,3)4)41(31-23-22-28-14-8-9-17-30(28)26-31)38-21-13-11-18-33(38)29-15-6-5-7-16-29;1-35(2)32-21-13-11-20-30(32)31-24-23-28(25-33(31)36(35,3)4)37(27-17-9-6-10-18-27)34-22-14-12-19-29(34)26-15-7-5-8-16-26/h5-29H,1-4H3;5-27H,1-4H3;5-25H,1-4H3. The van der Waals surface area contributed by atoms with E-state index in [1.54, 1.807) is 0 Å². The minimum atomic E-state index is -0.0688. The lowest BCUT2D eigenvalue weighted by Crippen LogP contribution is -2.43. The number of nitrogens with zero attached hydrogens (tertiary/aromatic N) is 3. The van der Waals surface area contributed by atoms with Crippen molar-refractivity contribution in [2.75, 3.05) is 14.7 Å². The Bertz CT molecular complexity index is 6630. The lowest BCUT2D eigenvalue weighted by molar-refractivity contribution is 0.299. The van der Waals surface area contributed by atoms with E-state index in [1.807, 2.05) is 0 Å². The van der Waals surface area contributed by atoms with Crippen LogP contribution >= 0.6 is 0 Å². The molecule has 0 fully saturated rings. The Morgan fingerprint density at radius 2 is 0.372 bits per heavy atom. The Labute approximate surface area is 717 Å². The SMILES string of the molecule is CC1(C)c2ccccc2-c2ccc(N(c3ccc4ccccc4c3)c3ccccc3-c3ccccc3)cc2C1(C)C.CC1(C)c2ccccc2-c2ccc(N(c3ccccc3)c3ccc(-c4ccccc4-c4ccccc4)cc3)cc2C1(C)C.CC1(C)c2ccccc2-c2ccc(N(c3ccccc3)c3ccccc3-c3ccccc3)cc2C1(C)C. The molecule has 20 rings (SSSR count). The minimum absolute atomic E-state index is 0.00522. The van der Waals surface area contributed by atoms with Gasteiger partial charge in [-0.3, -0.25) is 0 Å². The monoisotopic (exact) mass is 1560 g/mol. The first-order valence-electron chi connectivity index (χ1n) is 42.9. The quantitative estimate of drug-likeness (QED) is 0.114. The number of anilines is 9. The number of rotatable bonds is 13. The van der Waals surface area contributed by atoms with Crippen molar-refractivity contribution < 1.29 is 0 Å². The third-order valence-corrected chi connectivity index (χ3v) is 28.1. The van der Waals surface area contributed by atoms with E-state index in [2.05, 4.69) is 516 Å². The van der Waals surface area contributed by atoms with Gasteiger partial charge >= 0.3 is 0 Å².